The van der Waals surface area contributed by atoms with E-state index in [1.54, 1.807) is 20.8 Å². The van der Waals surface area contributed by atoms with Gasteiger partial charge in [-0.2, -0.15) is 0 Å². The number of imide groups is 1. The number of hydrogen-bond acceptors (Lipinski definition) is 8. The molecule has 10 nitrogen and oxygen atoms in total. The van der Waals surface area contributed by atoms with Crippen LogP contribution >= 0.6 is 0 Å². The summed E-state index contributed by atoms with van der Waals surface area (Å²) in [6, 6.07) is 14.1. The fourth-order valence-electron chi connectivity index (χ4n) is 4.34. The fraction of sp³-hybridized carbons (Fsp3) is 0.370. The van der Waals surface area contributed by atoms with Gasteiger partial charge in [0.05, 0.1) is 6.42 Å². The molecule has 0 aromatic heterocycles. The third-order valence-corrected chi connectivity index (χ3v) is 5.90. The number of fused-ring (bicyclic) bond motifs is 3. The molecule has 0 radical (unpaired) electrons. The lowest BCUT2D eigenvalue weighted by Crippen LogP contribution is -2.47. The molecule has 10 heteroatoms. The second-order valence-corrected chi connectivity index (χ2v) is 9.81. The second kappa shape index (κ2) is 10.4. The molecule has 0 spiro atoms. The summed E-state index contributed by atoms with van der Waals surface area (Å²) < 4.78 is 10.7. The molecule has 2 aromatic carbocycles. The van der Waals surface area contributed by atoms with Gasteiger partial charge in [-0.15, -0.1) is 5.06 Å². The van der Waals surface area contributed by atoms with E-state index in [2.05, 4.69) is 5.32 Å². The van der Waals surface area contributed by atoms with E-state index in [9.17, 15) is 24.0 Å². The Labute approximate surface area is 213 Å². The van der Waals surface area contributed by atoms with Gasteiger partial charge in [-0.3, -0.25) is 14.4 Å². The Bertz CT molecular complexity index is 1190. The normalized spacial score (nSPS) is 15.6. The minimum atomic E-state index is -1.55. The maximum atomic E-state index is 12.8. The number of alkyl carbamates (subject to hydrolysis) is 1. The quantitative estimate of drug-likeness (QED) is 0.446. The van der Waals surface area contributed by atoms with Crippen molar-refractivity contribution in [2.24, 2.45) is 0 Å². The predicted molar refractivity (Wildman–Crippen MR) is 130 cm³/mol. The number of rotatable bonds is 7. The Balaban J connectivity index is 1.45. The number of carbonyl (C=O) groups excluding carboxylic acids is 5. The van der Waals surface area contributed by atoms with Gasteiger partial charge < -0.3 is 19.6 Å². The molecule has 1 atom stereocenters. The zero-order valence-electron chi connectivity index (χ0n) is 20.8. The molecule has 3 amide bonds. The third-order valence-electron chi connectivity index (χ3n) is 5.90. The Morgan fingerprint density at radius 1 is 0.946 bits per heavy atom. The summed E-state index contributed by atoms with van der Waals surface area (Å²) in [5.74, 6) is -3.53. The summed E-state index contributed by atoms with van der Waals surface area (Å²) in [7, 11) is 0. The van der Waals surface area contributed by atoms with Crippen LogP contribution in [0.5, 0.6) is 0 Å². The number of benzene rings is 2. The van der Waals surface area contributed by atoms with Crippen molar-refractivity contribution in [2.45, 2.75) is 57.6 Å². The van der Waals surface area contributed by atoms with Gasteiger partial charge in [0.1, 0.15) is 18.2 Å². The smallest absolute Gasteiger partial charge is 0.407 e. The van der Waals surface area contributed by atoms with Crippen molar-refractivity contribution < 1.29 is 38.3 Å². The minimum absolute atomic E-state index is 0.0167. The Kier molecular flexibility index (Phi) is 7.28. The van der Waals surface area contributed by atoms with E-state index < -0.39 is 47.9 Å². The zero-order valence-corrected chi connectivity index (χ0v) is 20.8. The first-order valence-electron chi connectivity index (χ1n) is 11.9. The van der Waals surface area contributed by atoms with Crippen molar-refractivity contribution in [1.82, 2.24) is 10.4 Å². The van der Waals surface area contributed by atoms with E-state index in [4.69, 9.17) is 14.3 Å². The van der Waals surface area contributed by atoms with Crippen LogP contribution in [0.4, 0.5) is 4.79 Å². The summed E-state index contributed by atoms with van der Waals surface area (Å²) in [6.07, 6.45) is -1.74. The summed E-state index contributed by atoms with van der Waals surface area (Å²) in [5, 5.41) is 2.67. The molecule has 2 aromatic rings. The number of hydroxylamine groups is 2. The molecule has 1 aliphatic carbocycles. The van der Waals surface area contributed by atoms with Crippen LogP contribution in [-0.2, 0) is 33.5 Å². The van der Waals surface area contributed by atoms with Crippen LogP contribution in [-0.4, -0.2) is 53.2 Å². The molecule has 1 heterocycles. The highest BCUT2D eigenvalue weighted by molar-refractivity contribution is 6.02. The minimum Gasteiger partial charge on any atom is -0.460 e. The Morgan fingerprint density at radius 2 is 1.49 bits per heavy atom. The van der Waals surface area contributed by atoms with Crippen molar-refractivity contribution in [2.75, 3.05) is 6.61 Å². The van der Waals surface area contributed by atoms with Gasteiger partial charge in [0.25, 0.3) is 11.8 Å². The molecule has 2 aliphatic rings. The Morgan fingerprint density at radius 3 is 2.03 bits per heavy atom. The summed E-state index contributed by atoms with van der Waals surface area (Å²) in [4.78, 5) is 66.5. The van der Waals surface area contributed by atoms with E-state index >= 15 is 0 Å². The number of carbonyl (C=O) groups is 5. The largest absolute Gasteiger partial charge is 0.460 e. The van der Waals surface area contributed by atoms with Gasteiger partial charge in [0, 0.05) is 18.8 Å². The van der Waals surface area contributed by atoms with Crippen LogP contribution in [0.25, 0.3) is 11.1 Å². The van der Waals surface area contributed by atoms with Gasteiger partial charge in [0.2, 0.25) is 0 Å². The molecule has 37 heavy (non-hydrogen) atoms. The molecule has 0 unspecified atom stereocenters. The summed E-state index contributed by atoms with van der Waals surface area (Å²) in [6.45, 7) is 4.94. The monoisotopic (exact) mass is 508 g/mol. The van der Waals surface area contributed by atoms with E-state index in [0.717, 1.165) is 22.3 Å². The lowest BCUT2D eigenvalue weighted by molar-refractivity contribution is -0.199. The third kappa shape index (κ3) is 5.96. The molecular weight excluding hydrogens is 480 g/mol. The molecule has 1 saturated heterocycles. The number of hydrogen-bond donors (Lipinski definition) is 1. The van der Waals surface area contributed by atoms with E-state index in [1.165, 1.54) is 0 Å². The van der Waals surface area contributed by atoms with Crippen molar-refractivity contribution >= 4 is 29.8 Å². The molecule has 1 aliphatic heterocycles. The molecule has 1 N–H and O–H groups in total. The molecule has 0 saturated carbocycles. The van der Waals surface area contributed by atoms with E-state index in [0.29, 0.717) is 5.06 Å². The first-order chi connectivity index (χ1) is 17.5. The van der Waals surface area contributed by atoms with Crippen molar-refractivity contribution in [1.29, 1.82) is 0 Å². The number of amides is 3. The van der Waals surface area contributed by atoms with Crippen molar-refractivity contribution in [3.63, 3.8) is 0 Å². The van der Waals surface area contributed by atoms with Crippen molar-refractivity contribution in [3.8, 4) is 11.1 Å². The molecule has 1 fully saturated rings. The van der Waals surface area contributed by atoms with E-state index in [-0.39, 0.29) is 25.4 Å². The number of nitrogens with one attached hydrogen (secondary N) is 1. The second-order valence-electron chi connectivity index (χ2n) is 9.81. The van der Waals surface area contributed by atoms with Crippen LogP contribution in [0.15, 0.2) is 48.5 Å². The maximum absolute atomic E-state index is 12.8. The van der Waals surface area contributed by atoms with Gasteiger partial charge >= 0.3 is 18.0 Å². The zero-order chi connectivity index (χ0) is 26.7. The molecule has 4 rings (SSSR count). The van der Waals surface area contributed by atoms with Crippen LogP contribution < -0.4 is 5.32 Å². The SMILES string of the molecule is CC(C)(C)OC(=O)C[C@@H](NC(=O)OCC1c2ccccc2-c2ccccc21)C(=O)ON1C(=O)CCC1=O. The van der Waals surface area contributed by atoms with Crippen molar-refractivity contribution in [3.05, 3.63) is 59.7 Å². The maximum Gasteiger partial charge on any atom is 0.407 e. The predicted octanol–water partition coefficient (Wildman–Crippen LogP) is 3.23. The van der Waals surface area contributed by atoms with Gasteiger partial charge in [0.15, 0.2) is 0 Å². The van der Waals surface area contributed by atoms with Crippen LogP contribution in [0.2, 0.25) is 0 Å². The van der Waals surface area contributed by atoms with Crippen LogP contribution in [0.3, 0.4) is 0 Å². The van der Waals surface area contributed by atoms with Crippen LogP contribution in [0.1, 0.15) is 57.1 Å². The average Bonchev–Trinajstić information content (AvgIpc) is 3.33. The first-order valence-corrected chi connectivity index (χ1v) is 11.9. The van der Waals surface area contributed by atoms with Gasteiger partial charge in [-0.05, 0) is 43.0 Å². The van der Waals surface area contributed by atoms with Gasteiger partial charge in [-0.25, -0.2) is 9.59 Å². The fourth-order valence-corrected chi connectivity index (χ4v) is 4.34. The summed E-state index contributed by atoms with van der Waals surface area (Å²) >= 11 is 0. The molecule has 0 bridgehead atoms. The average molecular weight is 509 g/mol. The number of esters is 1. The lowest BCUT2D eigenvalue weighted by atomic mass is 9.98. The highest BCUT2D eigenvalue weighted by Gasteiger charge is 2.37. The summed E-state index contributed by atoms with van der Waals surface area (Å²) in [5.41, 5.74) is 3.28. The Hall–Kier alpha value is -4.21. The molecule has 194 valence electrons. The van der Waals surface area contributed by atoms with Gasteiger partial charge in [-0.1, -0.05) is 48.5 Å². The van der Waals surface area contributed by atoms with E-state index in [1.807, 2.05) is 48.5 Å². The standard InChI is InChI=1S/C27H28N2O8/c1-27(2,3)36-24(32)14-21(25(33)37-29-22(30)12-13-23(29)31)28-26(34)35-15-20-18-10-6-4-8-16(18)17-9-5-7-11-19(17)20/h4-11,20-21H,12-15H2,1-3H3,(H,28,34)/t21-/m1/s1. The number of ether oxygens (including phenoxy) is 2. The lowest BCUT2D eigenvalue weighted by Gasteiger charge is -2.23. The topological polar surface area (TPSA) is 128 Å². The number of nitrogens with zero attached hydrogens (tertiary/aromatic N) is 1. The highest BCUT2D eigenvalue weighted by atomic mass is 16.7. The van der Waals surface area contributed by atoms with Crippen LogP contribution in [0, 0.1) is 0 Å². The molecular formula is C27H28N2O8. The highest BCUT2D eigenvalue weighted by Crippen LogP contribution is 2.44. The first kappa shape index (κ1) is 25.9.